The van der Waals surface area contributed by atoms with E-state index < -0.39 is 0 Å². The number of benzene rings is 2. The molecule has 3 aromatic rings. The molecule has 0 aliphatic heterocycles. The van der Waals surface area contributed by atoms with Crippen molar-refractivity contribution in [3.8, 4) is 0 Å². The first kappa shape index (κ1) is 17.5. The predicted octanol–water partition coefficient (Wildman–Crippen LogP) is 5.30. The second-order valence-corrected chi connectivity index (χ2v) is 7.28. The maximum Gasteiger partial charge on any atom is 0.0945 e. The Balaban J connectivity index is 1.70. The van der Waals surface area contributed by atoms with Crippen molar-refractivity contribution < 1.29 is 0 Å². The molecule has 25 heavy (non-hydrogen) atoms. The molecule has 0 N–H and O–H groups in total. The summed E-state index contributed by atoms with van der Waals surface area (Å²) in [5.41, 5.74) is 6.99. The molecule has 0 saturated carbocycles. The zero-order chi connectivity index (χ0) is 17.6. The van der Waals surface area contributed by atoms with Gasteiger partial charge in [0.15, 0.2) is 0 Å². The fourth-order valence-electron chi connectivity index (χ4n) is 3.49. The molecule has 130 valence electrons. The molecule has 0 aliphatic carbocycles. The highest BCUT2D eigenvalue weighted by molar-refractivity contribution is 5.30. The molecule has 0 saturated heterocycles. The second-order valence-electron chi connectivity index (χ2n) is 7.28. The third-order valence-corrected chi connectivity index (χ3v) is 4.99. The average molecular weight is 332 g/mol. The normalized spacial score (nSPS) is 12.3. The van der Waals surface area contributed by atoms with Crippen LogP contribution < -0.4 is 0 Å². The van der Waals surface area contributed by atoms with Gasteiger partial charge >= 0.3 is 0 Å². The Labute approximate surface area is 151 Å². The summed E-state index contributed by atoms with van der Waals surface area (Å²) >= 11 is 0. The number of aromatic nitrogens is 2. The van der Waals surface area contributed by atoms with Gasteiger partial charge in [0.05, 0.1) is 6.33 Å². The van der Waals surface area contributed by atoms with Crippen LogP contribution in [0, 0.1) is 26.7 Å². The van der Waals surface area contributed by atoms with Crippen molar-refractivity contribution in [2.45, 2.75) is 46.6 Å². The van der Waals surface area contributed by atoms with Crippen LogP contribution in [0.3, 0.4) is 0 Å². The third kappa shape index (κ3) is 5.06. The summed E-state index contributed by atoms with van der Waals surface area (Å²) in [6.07, 6.45) is 9.31. The quantitative estimate of drug-likeness (QED) is 0.574. The summed E-state index contributed by atoms with van der Waals surface area (Å²) in [6.45, 7) is 7.56. The number of rotatable bonds is 7. The predicted molar refractivity (Wildman–Crippen MR) is 105 cm³/mol. The van der Waals surface area contributed by atoms with Crippen LogP contribution in [-0.2, 0) is 19.4 Å². The van der Waals surface area contributed by atoms with Gasteiger partial charge in [0.25, 0.3) is 0 Å². The fraction of sp³-hybridized carbons (Fsp3) is 0.348. The highest BCUT2D eigenvalue weighted by Crippen LogP contribution is 2.20. The first-order valence-electron chi connectivity index (χ1n) is 9.17. The zero-order valence-corrected chi connectivity index (χ0v) is 15.6. The molecule has 1 unspecified atom stereocenters. The minimum absolute atomic E-state index is 0.609. The maximum atomic E-state index is 4.20. The number of hydrogen-bond acceptors (Lipinski definition) is 1. The Morgan fingerprint density at radius 1 is 0.960 bits per heavy atom. The van der Waals surface area contributed by atoms with E-state index in [0.29, 0.717) is 5.92 Å². The van der Waals surface area contributed by atoms with Gasteiger partial charge in [-0.2, -0.15) is 0 Å². The van der Waals surface area contributed by atoms with Crippen LogP contribution in [0.4, 0.5) is 0 Å². The first-order valence-corrected chi connectivity index (χ1v) is 9.17. The lowest BCUT2D eigenvalue weighted by atomic mass is 9.91. The van der Waals surface area contributed by atoms with E-state index in [9.17, 15) is 0 Å². The highest BCUT2D eigenvalue weighted by atomic mass is 15.0. The number of nitrogens with zero attached hydrogens (tertiary/aromatic N) is 2. The van der Waals surface area contributed by atoms with Gasteiger partial charge in [-0.15, -0.1) is 0 Å². The molecule has 3 rings (SSSR count). The third-order valence-electron chi connectivity index (χ3n) is 4.99. The van der Waals surface area contributed by atoms with Gasteiger partial charge < -0.3 is 4.57 Å². The molecule has 2 nitrogen and oxygen atoms in total. The van der Waals surface area contributed by atoms with Gasteiger partial charge in [0.2, 0.25) is 0 Å². The lowest BCUT2D eigenvalue weighted by Crippen LogP contribution is -2.14. The van der Waals surface area contributed by atoms with Crippen molar-refractivity contribution >= 4 is 0 Å². The van der Waals surface area contributed by atoms with Crippen LogP contribution in [0.2, 0.25) is 0 Å². The SMILES string of the molecule is Cc1ccc(CC(CCc2ccc(C)cc2C)Cn2ccnc2)cc1. The van der Waals surface area contributed by atoms with Gasteiger partial charge in [-0.25, -0.2) is 4.98 Å². The molecule has 0 spiro atoms. The molecular formula is C23H28N2. The van der Waals surface area contributed by atoms with Crippen LogP contribution in [0.25, 0.3) is 0 Å². The summed E-state index contributed by atoms with van der Waals surface area (Å²) in [7, 11) is 0. The summed E-state index contributed by atoms with van der Waals surface area (Å²) in [5.74, 6) is 0.609. The van der Waals surface area contributed by atoms with E-state index in [1.807, 2.05) is 12.5 Å². The molecule has 1 heterocycles. The Morgan fingerprint density at radius 2 is 1.72 bits per heavy atom. The minimum Gasteiger partial charge on any atom is -0.337 e. The Morgan fingerprint density at radius 3 is 2.40 bits per heavy atom. The van der Waals surface area contributed by atoms with E-state index >= 15 is 0 Å². The monoisotopic (exact) mass is 332 g/mol. The van der Waals surface area contributed by atoms with Gasteiger partial charge in [-0.3, -0.25) is 0 Å². The molecule has 0 bridgehead atoms. The van der Waals surface area contributed by atoms with Crippen LogP contribution in [-0.4, -0.2) is 9.55 Å². The van der Waals surface area contributed by atoms with Crippen molar-refractivity contribution in [3.05, 3.63) is 89.0 Å². The van der Waals surface area contributed by atoms with E-state index in [1.165, 1.54) is 34.2 Å². The molecule has 0 radical (unpaired) electrons. The largest absolute Gasteiger partial charge is 0.337 e. The molecule has 1 atom stereocenters. The Bertz CT molecular complexity index is 785. The lowest BCUT2D eigenvalue weighted by molar-refractivity contribution is 0.412. The molecule has 1 aromatic heterocycles. The summed E-state index contributed by atoms with van der Waals surface area (Å²) in [4.78, 5) is 4.20. The first-order chi connectivity index (χ1) is 12.1. The van der Waals surface area contributed by atoms with Crippen molar-refractivity contribution in [3.63, 3.8) is 0 Å². The van der Waals surface area contributed by atoms with E-state index in [2.05, 4.69) is 79.0 Å². The van der Waals surface area contributed by atoms with E-state index in [-0.39, 0.29) is 0 Å². The van der Waals surface area contributed by atoms with Crippen LogP contribution >= 0.6 is 0 Å². The smallest absolute Gasteiger partial charge is 0.0945 e. The van der Waals surface area contributed by atoms with Crippen molar-refractivity contribution in [1.82, 2.24) is 9.55 Å². The zero-order valence-electron chi connectivity index (χ0n) is 15.6. The van der Waals surface area contributed by atoms with Crippen LogP contribution in [0.5, 0.6) is 0 Å². The minimum atomic E-state index is 0.609. The number of hydrogen-bond donors (Lipinski definition) is 0. The van der Waals surface area contributed by atoms with E-state index in [1.54, 1.807) is 0 Å². The van der Waals surface area contributed by atoms with Gasteiger partial charge in [-0.1, -0.05) is 53.6 Å². The molecule has 2 aromatic carbocycles. The average Bonchev–Trinajstić information content (AvgIpc) is 3.09. The lowest BCUT2D eigenvalue weighted by Gasteiger charge is -2.19. The molecule has 0 amide bonds. The Hall–Kier alpha value is -2.35. The number of imidazole rings is 1. The molecule has 0 aliphatic rings. The van der Waals surface area contributed by atoms with Gasteiger partial charge in [0, 0.05) is 18.9 Å². The second kappa shape index (κ2) is 8.15. The summed E-state index contributed by atoms with van der Waals surface area (Å²) in [6, 6.07) is 15.8. The summed E-state index contributed by atoms with van der Waals surface area (Å²) < 4.78 is 2.21. The van der Waals surface area contributed by atoms with E-state index in [4.69, 9.17) is 0 Å². The van der Waals surface area contributed by atoms with Crippen molar-refractivity contribution in [1.29, 1.82) is 0 Å². The van der Waals surface area contributed by atoms with Crippen molar-refractivity contribution in [2.24, 2.45) is 5.92 Å². The van der Waals surface area contributed by atoms with Gasteiger partial charge in [-0.05, 0) is 62.6 Å². The molecular weight excluding hydrogens is 304 g/mol. The van der Waals surface area contributed by atoms with Gasteiger partial charge in [0.1, 0.15) is 0 Å². The van der Waals surface area contributed by atoms with Crippen LogP contribution in [0.15, 0.2) is 61.2 Å². The summed E-state index contributed by atoms with van der Waals surface area (Å²) in [5, 5.41) is 0. The highest BCUT2D eigenvalue weighted by Gasteiger charge is 2.12. The van der Waals surface area contributed by atoms with Crippen molar-refractivity contribution in [2.75, 3.05) is 0 Å². The standard InChI is InChI=1S/C23H28N2/c1-18-4-7-21(8-5-18)15-22(16-25-13-12-24-17-25)9-11-23-10-6-19(2)14-20(23)3/h4-8,10,12-14,17,22H,9,11,15-16H2,1-3H3. The van der Waals surface area contributed by atoms with E-state index in [0.717, 1.165) is 19.4 Å². The molecule has 2 heteroatoms. The fourth-order valence-corrected chi connectivity index (χ4v) is 3.49. The Kier molecular flexibility index (Phi) is 5.70. The molecule has 0 fully saturated rings. The number of aryl methyl sites for hydroxylation is 4. The maximum absolute atomic E-state index is 4.20. The van der Waals surface area contributed by atoms with Crippen LogP contribution in [0.1, 0.15) is 34.2 Å². The topological polar surface area (TPSA) is 17.8 Å².